The summed E-state index contributed by atoms with van der Waals surface area (Å²) in [5.74, 6) is -0.816. The normalized spacial score (nSPS) is 19.7. The number of carboxylic acids is 1. The molecule has 4 aromatic rings. The largest absolute Gasteiger partial charge is 0.507 e. The molecule has 1 amide bonds. The second kappa shape index (κ2) is 8.21. The number of aromatic hydroxyl groups is 1. The van der Waals surface area contributed by atoms with Crippen molar-refractivity contribution < 1.29 is 19.8 Å². The number of hydrogen-bond donors (Lipinski definition) is 3. The highest BCUT2D eigenvalue weighted by molar-refractivity contribution is 6.34. The molecule has 178 valence electrons. The molecule has 3 aromatic carbocycles. The van der Waals surface area contributed by atoms with Crippen LogP contribution in [0.15, 0.2) is 79.0 Å². The van der Waals surface area contributed by atoms with Crippen molar-refractivity contribution in [1.29, 1.82) is 0 Å². The molecule has 0 saturated heterocycles. The number of pyridine rings is 1. The number of amides is 1. The highest BCUT2D eigenvalue weighted by Gasteiger charge is 2.65. The van der Waals surface area contributed by atoms with E-state index in [-0.39, 0.29) is 24.0 Å². The van der Waals surface area contributed by atoms with Gasteiger partial charge in [0.2, 0.25) is 5.91 Å². The number of halogens is 1. The first kappa shape index (κ1) is 22.3. The molecular formula is C29H21ClN2O4. The predicted octanol–water partition coefficient (Wildman–Crippen LogP) is 5.78. The fourth-order valence-corrected chi connectivity index (χ4v) is 5.60. The van der Waals surface area contributed by atoms with Crippen LogP contribution in [0.5, 0.6) is 5.75 Å². The van der Waals surface area contributed by atoms with Crippen molar-refractivity contribution in [3.63, 3.8) is 0 Å². The van der Waals surface area contributed by atoms with Crippen LogP contribution in [0.25, 0.3) is 22.4 Å². The molecule has 1 fully saturated rings. The molecule has 3 N–H and O–H groups in total. The van der Waals surface area contributed by atoms with E-state index in [1.54, 1.807) is 30.5 Å². The van der Waals surface area contributed by atoms with Crippen LogP contribution in [0.1, 0.15) is 29.0 Å². The highest BCUT2D eigenvalue weighted by atomic mass is 35.5. The van der Waals surface area contributed by atoms with Gasteiger partial charge >= 0.3 is 5.97 Å². The van der Waals surface area contributed by atoms with Gasteiger partial charge < -0.3 is 15.5 Å². The van der Waals surface area contributed by atoms with Crippen molar-refractivity contribution in [2.45, 2.75) is 24.2 Å². The first-order valence-electron chi connectivity index (χ1n) is 11.6. The molecule has 1 aliphatic heterocycles. The standard InChI is InChI=1S/C29H21ClN2O4/c30-23-13-25-21(12-20(23)24-9-8-18(15-31-24)19-6-1-2-7-26(19)33)29(28(36)32-25)14-22(29)17-5-3-4-16(10-17)11-27(34)35/h1-10,12-13,15,22,33H,11,14H2,(H,32,36)(H,34,35). The van der Waals surface area contributed by atoms with E-state index in [9.17, 15) is 14.7 Å². The van der Waals surface area contributed by atoms with Crippen molar-refractivity contribution >= 4 is 29.2 Å². The molecule has 6 rings (SSSR count). The lowest BCUT2D eigenvalue weighted by molar-refractivity contribution is -0.136. The van der Waals surface area contributed by atoms with Gasteiger partial charge in [0, 0.05) is 34.5 Å². The second-order valence-electron chi connectivity index (χ2n) is 9.32. The van der Waals surface area contributed by atoms with Crippen LogP contribution in [0, 0.1) is 0 Å². The summed E-state index contributed by atoms with van der Waals surface area (Å²) in [6.07, 6.45) is 2.28. The van der Waals surface area contributed by atoms with Crippen LogP contribution in [0.3, 0.4) is 0 Å². The van der Waals surface area contributed by atoms with Crippen molar-refractivity contribution in [1.82, 2.24) is 4.98 Å². The Morgan fingerprint density at radius 1 is 1.06 bits per heavy atom. The highest BCUT2D eigenvalue weighted by Crippen LogP contribution is 2.65. The fraction of sp³-hybridized carbons (Fsp3) is 0.138. The lowest BCUT2D eigenvalue weighted by atomic mass is 9.90. The smallest absolute Gasteiger partial charge is 0.307 e. The molecule has 36 heavy (non-hydrogen) atoms. The number of fused-ring (bicyclic) bond motifs is 2. The third-order valence-electron chi connectivity index (χ3n) is 7.17. The number of nitrogens with zero attached hydrogens (tertiary/aromatic N) is 1. The molecule has 0 radical (unpaired) electrons. The fourth-order valence-electron chi connectivity index (χ4n) is 5.34. The Bertz CT molecular complexity index is 1550. The van der Waals surface area contributed by atoms with E-state index < -0.39 is 11.4 Å². The van der Waals surface area contributed by atoms with E-state index in [2.05, 4.69) is 10.3 Å². The zero-order valence-electron chi connectivity index (χ0n) is 19.0. The Morgan fingerprint density at radius 2 is 1.89 bits per heavy atom. The minimum Gasteiger partial charge on any atom is -0.507 e. The molecule has 0 bridgehead atoms. The monoisotopic (exact) mass is 496 g/mol. The Balaban J connectivity index is 1.36. The number of benzene rings is 3. The van der Waals surface area contributed by atoms with Gasteiger partial charge in [0.05, 0.1) is 22.6 Å². The van der Waals surface area contributed by atoms with Crippen LogP contribution in [-0.2, 0) is 21.4 Å². The minimum atomic E-state index is -0.887. The molecule has 1 aliphatic carbocycles. The van der Waals surface area contributed by atoms with Gasteiger partial charge in [-0.2, -0.15) is 0 Å². The predicted molar refractivity (Wildman–Crippen MR) is 137 cm³/mol. The summed E-state index contributed by atoms with van der Waals surface area (Å²) in [7, 11) is 0. The first-order chi connectivity index (χ1) is 17.4. The van der Waals surface area contributed by atoms with Gasteiger partial charge in [0.1, 0.15) is 5.75 Å². The number of carboxylic acid groups (broad SMARTS) is 1. The van der Waals surface area contributed by atoms with Gasteiger partial charge in [-0.3, -0.25) is 14.6 Å². The van der Waals surface area contributed by atoms with Crippen LogP contribution in [-0.4, -0.2) is 27.1 Å². The zero-order chi connectivity index (χ0) is 25.0. The number of carbonyl (C=O) groups is 2. The molecule has 2 atom stereocenters. The van der Waals surface area contributed by atoms with E-state index in [1.165, 1.54) is 0 Å². The maximum absolute atomic E-state index is 13.2. The topological polar surface area (TPSA) is 99.5 Å². The number of anilines is 1. The first-order valence-corrected chi connectivity index (χ1v) is 12.0. The average molecular weight is 497 g/mol. The summed E-state index contributed by atoms with van der Waals surface area (Å²) in [6.45, 7) is 0. The lowest BCUT2D eigenvalue weighted by Crippen LogP contribution is -2.21. The summed E-state index contributed by atoms with van der Waals surface area (Å²) in [5.41, 5.74) is 5.41. The van der Waals surface area contributed by atoms with Gasteiger partial charge in [0.25, 0.3) is 0 Å². The number of nitrogens with one attached hydrogen (secondary N) is 1. The van der Waals surface area contributed by atoms with Crippen LogP contribution >= 0.6 is 11.6 Å². The zero-order valence-corrected chi connectivity index (χ0v) is 19.8. The Labute approximate surface area is 212 Å². The summed E-state index contributed by atoms with van der Waals surface area (Å²) in [4.78, 5) is 28.9. The van der Waals surface area contributed by atoms with Crippen LogP contribution < -0.4 is 5.32 Å². The van der Waals surface area contributed by atoms with E-state index in [1.807, 2.05) is 48.5 Å². The Morgan fingerprint density at radius 3 is 2.64 bits per heavy atom. The van der Waals surface area contributed by atoms with Gasteiger partial charge in [0.15, 0.2) is 0 Å². The molecule has 1 aromatic heterocycles. The summed E-state index contributed by atoms with van der Waals surface area (Å²) in [6, 6.07) is 22.0. The van der Waals surface area contributed by atoms with Gasteiger partial charge in [-0.1, -0.05) is 60.1 Å². The molecule has 6 nitrogen and oxygen atoms in total. The number of para-hydroxylation sites is 1. The van der Waals surface area contributed by atoms with Gasteiger partial charge in [-0.15, -0.1) is 0 Å². The number of rotatable bonds is 5. The SMILES string of the molecule is O=C(O)Cc1cccc(C2CC23C(=O)Nc2cc(Cl)c(-c4ccc(-c5ccccc5O)cn4)cc23)c1. The third-order valence-corrected chi connectivity index (χ3v) is 7.48. The molecule has 1 spiro atoms. The molecule has 1 saturated carbocycles. The van der Waals surface area contributed by atoms with Crippen molar-refractivity contribution in [2.75, 3.05) is 5.32 Å². The second-order valence-corrected chi connectivity index (χ2v) is 9.73. The summed E-state index contributed by atoms with van der Waals surface area (Å²) < 4.78 is 0. The van der Waals surface area contributed by atoms with Gasteiger partial charge in [-0.25, -0.2) is 0 Å². The van der Waals surface area contributed by atoms with E-state index >= 15 is 0 Å². The van der Waals surface area contributed by atoms with Gasteiger partial charge in [-0.05, 0) is 47.4 Å². The quantitative estimate of drug-likeness (QED) is 0.325. The molecule has 2 heterocycles. The molecule has 7 heteroatoms. The Kier molecular flexibility index (Phi) is 5.09. The number of aromatic nitrogens is 1. The maximum atomic E-state index is 13.2. The number of hydrogen-bond acceptors (Lipinski definition) is 4. The van der Waals surface area contributed by atoms with Crippen LogP contribution in [0.2, 0.25) is 5.02 Å². The maximum Gasteiger partial charge on any atom is 0.307 e. The van der Waals surface area contributed by atoms with Crippen molar-refractivity contribution in [3.05, 3.63) is 101 Å². The van der Waals surface area contributed by atoms with E-state index in [0.717, 1.165) is 22.3 Å². The minimum absolute atomic E-state index is 0.0436. The third kappa shape index (κ3) is 3.53. The molecule has 2 unspecified atom stereocenters. The van der Waals surface area contributed by atoms with Crippen molar-refractivity contribution in [2.24, 2.45) is 0 Å². The number of phenols is 1. The van der Waals surface area contributed by atoms with Crippen LogP contribution in [0.4, 0.5) is 5.69 Å². The molecular weight excluding hydrogens is 476 g/mol. The average Bonchev–Trinajstić information content (AvgIpc) is 3.55. The number of carbonyl (C=O) groups excluding carboxylic acids is 1. The lowest BCUT2D eigenvalue weighted by Gasteiger charge is -2.13. The summed E-state index contributed by atoms with van der Waals surface area (Å²) in [5, 5.41) is 22.8. The Hall–Kier alpha value is -4.16. The van der Waals surface area contributed by atoms with Crippen molar-refractivity contribution in [3.8, 4) is 28.1 Å². The summed E-state index contributed by atoms with van der Waals surface area (Å²) >= 11 is 6.62. The number of phenolic OH excluding ortho intramolecular Hbond substituents is 1. The van der Waals surface area contributed by atoms with E-state index in [0.29, 0.717) is 34.0 Å². The molecule has 2 aliphatic rings. The number of aliphatic carboxylic acids is 1. The van der Waals surface area contributed by atoms with E-state index in [4.69, 9.17) is 16.7 Å².